The van der Waals surface area contributed by atoms with Crippen molar-refractivity contribution in [3.05, 3.63) is 11.6 Å². The van der Waals surface area contributed by atoms with Crippen LogP contribution in [0.25, 0.3) is 0 Å². The molecule has 0 heterocycles. The van der Waals surface area contributed by atoms with E-state index in [0.29, 0.717) is 13.0 Å². The van der Waals surface area contributed by atoms with Gasteiger partial charge in [-0.25, -0.2) is 0 Å². The molecule has 8 nitrogen and oxygen atoms in total. The summed E-state index contributed by atoms with van der Waals surface area (Å²) in [5.41, 5.74) is -0.547. The summed E-state index contributed by atoms with van der Waals surface area (Å²) in [5, 5.41) is 10.0. The molecule has 3 rings (SSSR count). The third-order valence-corrected chi connectivity index (χ3v) is 9.66. The van der Waals surface area contributed by atoms with E-state index in [1.54, 1.807) is 27.0 Å². The summed E-state index contributed by atoms with van der Waals surface area (Å²) in [6, 6.07) is 0. The molecular weight excluding hydrogens is 486 g/mol. The highest BCUT2D eigenvalue weighted by molar-refractivity contribution is 5.89. The van der Waals surface area contributed by atoms with Gasteiger partial charge in [-0.05, 0) is 62.7 Å². The summed E-state index contributed by atoms with van der Waals surface area (Å²) >= 11 is 0. The summed E-state index contributed by atoms with van der Waals surface area (Å²) < 4.78 is 10.9. The summed E-state index contributed by atoms with van der Waals surface area (Å²) in [6.45, 7) is 13.6. The van der Waals surface area contributed by atoms with Crippen LogP contribution < -0.4 is 0 Å². The lowest BCUT2D eigenvalue weighted by Crippen LogP contribution is -2.60. The Bertz CT molecular complexity index is 978. The van der Waals surface area contributed by atoms with Gasteiger partial charge in [-0.3, -0.25) is 19.2 Å². The molecule has 3 saturated carbocycles. The van der Waals surface area contributed by atoms with E-state index in [2.05, 4.69) is 27.7 Å². The van der Waals surface area contributed by atoms with E-state index in [4.69, 9.17) is 9.47 Å². The summed E-state index contributed by atoms with van der Waals surface area (Å²) in [5.74, 6) is -0.516. The first-order valence-corrected chi connectivity index (χ1v) is 14.0. The molecule has 38 heavy (non-hydrogen) atoms. The number of aliphatic hydroxyl groups is 1. The van der Waals surface area contributed by atoms with E-state index in [0.717, 1.165) is 31.3 Å². The molecular formula is C30H47NO7. The van der Waals surface area contributed by atoms with Gasteiger partial charge < -0.3 is 19.5 Å². The number of carbonyl (C=O) groups is 4. The quantitative estimate of drug-likeness (QED) is 0.388. The minimum Gasteiger partial charge on any atom is -0.464 e. The van der Waals surface area contributed by atoms with Gasteiger partial charge in [0.2, 0.25) is 5.91 Å². The topological polar surface area (TPSA) is 110 Å². The highest BCUT2D eigenvalue weighted by Gasteiger charge is 2.62. The molecule has 214 valence electrons. The lowest BCUT2D eigenvalue weighted by Gasteiger charge is -2.62. The van der Waals surface area contributed by atoms with Crippen molar-refractivity contribution in [3.8, 4) is 0 Å². The van der Waals surface area contributed by atoms with Gasteiger partial charge >= 0.3 is 11.9 Å². The molecule has 1 amide bonds. The van der Waals surface area contributed by atoms with Gasteiger partial charge in [0.1, 0.15) is 18.5 Å². The average molecular weight is 534 g/mol. The maximum atomic E-state index is 13.7. The third-order valence-electron chi connectivity index (χ3n) is 9.66. The predicted octanol–water partition coefficient (Wildman–Crippen LogP) is 4.08. The Balaban J connectivity index is 1.75. The van der Waals surface area contributed by atoms with Crippen LogP contribution in [-0.4, -0.2) is 65.5 Å². The van der Waals surface area contributed by atoms with Crippen LogP contribution in [0.1, 0.15) is 87.0 Å². The molecule has 0 aromatic heterocycles. The molecule has 0 aromatic rings. The molecule has 0 saturated heterocycles. The van der Waals surface area contributed by atoms with E-state index in [1.165, 1.54) is 11.8 Å². The molecule has 3 aliphatic carbocycles. The highest BCUT2D eigenvalue weighted by Crippen LogP contribution is 2.64. The molecule has 0 spiro atoms. The van der Waals surface area contributed by atoms with E-state index >= 15 is 0 Å². The van der Waals surface area contributed by atoms with Crippen molar-refractivity contribution in [2.45, 2.75) is 98.7 Å². The lowest BCUT2D eigenvalue weighted by atomic mass is 9.42. The van der Waals surface area contributed by atoms with Crippen molar-refractivity contribution in [2.75, 3.05) is 20.2 Å². The van der Waals surface area contributed by atoms with E-state index in [-0.39, 0.29) is 71.3 Å². The third kappa shape index (κ3) is 6.32. The van der Waals surface area contributed by atoms with Crippen molar-refractivity contribution in [1.29, 1.82) is 0 Å². The zero-order valence-electron chi connectivity index (χ0n) is 24.5. The zero-order chi connectivity index (χ0) is 28.6. The van der Waals surface area contributed by atoms with Crippen LogP contribution in [0.3, 0.4) is 0 Å². The van der Waals surface area contributed by atoms with Crippen LogP contribution in [0.15, 0.2) is 11.6 Å². The number of allylic oxidation sites excluding steroid dienone is 1. The molecule has 0 aliphatic heterocycles. The Kier molecular flexibility index (Phi) is 8.86. The number of nitrogens with zero attached hydrogens (tertiary/aromatic N) is 1. The number of amides is 1. The molecule has 3 fully saturated rings. The fourth-order valence-corrected chi connectivity index (χ4v) is 7.56. The number of fused-ring (bicyclic) bond motifs is 3. The molecule has 6 unspecified atom stereocenters. The molecule has 6 atom stereocenters. The second-order valence-electron chi connectivity index (χ2n) is 13.3. The van der Waals surface area contributed by atoms with E-state index in [9.17, 15) is 24.3 Å². The number of hydrogen-bond acceptors (Lipinski definition) is 7. The Morgan fingerprint density at radius 1 is 1.18 bits per heavy atom. The summed E-state index contributed by atoms with van der Waals surface area (Å²) in [7, 11) is 1.69. The van der Waals surface area contributed by atoms with E-state index < -0.39 is 11.6 Å². The molecule has 1 N–H and O–H groups in total. The number of Topliss-reactive ketones (excluding diaryl/α,β-unsaturated/α-hetero) is 1. The average Bonchev–Trinajstić information content (AvgIpc) is 2.77. The maximum absolute atomic E-state index is 13.7. The van der Waals surface area contributed by atoms with Crippen LogP contribution in [-0.2, 0) is 28.7 Å². The van der Waals surface area contributed by atoms with Crippen molar-refractivity contribution in [1.82, 2.24) is 4.90 Å². The number of rotatable bonds is 7. The fraction of sp³-hybridized carbons (Fsp3) is 0.800. The van der Waals surface area contributed by atoms with Crippen LogP contribution >= 0.6 is 0 Å². The SMILES string of the molecule is CC(=O)OCCN(C)C(=O)C=C1CCC2C(C(=O)CC3C(C)(C)C(OC(=O)CC(C)(C)O)CCC23C)C1C. The van der Waals surface area contributed by atoms with Crippen molar-refractivity contribution >= 4 is 23.6 Å². The number of ether oxygens (including phenoxy) is 2. The fourth-order valence-electron chi connectivity index (χ4n) is 7.56. The minimum absolute atomic E-state index is 0.0182. The number of ketones is 1. The highest BCUT2D eigenvalue weighted by atomic mass is 16.5. The smallest absolute Gasteiger partial charge is 0.308 e. The Morgan fingerprint density at radius 2 is 1.84 bits per heavy atom. The van der Waals surface area contributed by atoms with Crippen molar-refractivity contribution in [3.63, 3.8) is 0 Å². The second-order valence-corrected chi connectivity index (χ2v) is 13.3. The monoisotopic (exact) mass is 533 g/mol. The standard InChI is InChI=1S/C30H47NO7/c1-18-20(15-25(34)31(8)13-14-37-19(2)32)9-10-21-27(18)22(33)16-23-29(5,6)24(11-12-30(21,23)7)38-26(35)17-28(3,4)36/h15,18,21,23-24,27,36H,9-14,16-17H2,1-8H3. The van der Waals surface area contributed by atoms with Crippen LogP contribution in [0.4, 0.5) is 0 Å². The van der Waals surface area contributed by atoms with Gasteiger partial charge in [-0.1, -0.05) is 33.3 Å². The van der Waals surface area contributed by atoms with Crippen LogP contribution in [0, 0.1) is 34.5 Å². The number of hydrogen-bond donors (Lipinski definition) is 1. The van der Waals surface area contributed by atoms with Crippen molar-refractivity contribution < 1.29 is 33.8 Å². The molecule has 0 aromatic carbocycles. The Morgan fingerprint density at radius 3 is 2.45 bits per heavy atom. The van der Waals surface area contributed by atoms with Gasteiger partial charge in [0.05, 0.1) is 18.6 Å². The second kappa shape index (κ2) is 11.1. The van der Waals surface area contributed by atoms with Gasteiger partial charge in [-0.2, -0.15) is 0 Å². The number of likely N-dealkylation sites (N-methyl/N-ethyl adjacent to an activating group) is 1. The van der Waals surface area contributed by atoms with Gasteiger partial charge in [0.15, 0.2) is 0 Å². The maximum Gasteiger partial charge on any atom is 0.308 e. The lowest BCUT2D eigenvalue weighted by molar-refractivity contribution is -0.191. The van der Waals surface area contributed by atoms with Crippen LogP contribution in [0.2, 0.25) is 0 Å². The molecule has 3 aliphatic rings. The first-order valence-electron chi connectivity index (χ1n) is 14.0. The van der Waals surface area contributed by atoms with Gasteiger partial charge in [0, 0.05) is 37.8 Å². The molecule has 8 heteroatoms. The molecule has 0 bridgehead atoms. The number of esters is 2. The van der Waals surface area contributed by atoms with Gasteiger partial charge in [-0.15, -0.1) is 0 Å². The first kappa shape index (κ1) is 30.3. The van der Waals surface area contributed by atoms with Crippen molar-refractivity contribution in [2.24, 2.45) is 34.5 Å². The normalized spacial score (nSPS) is 33.7. The van der Waals surface area contributed by atoms with Gasteiger partial charge in [0.25, 0.3) is 0 Å². The van der Waals surface area contributed by atoms with E-state index in [1.807, 2.05) is 0 Å². The molecule has 0 radical (unpaired) electrons. The largest absolute Gasteiger partial charge is 0.464 e. The Labute approximate surface area is 227 Å². The minimum atomic E-state index is -1.12. The summed E-state index contributed by atoms with van der Waals surface area (Å²) in [4.78, 5) is 51.6. The van der Waals surface area contributed by atoms with Crippen LogP contribution in [0.5, 0.6) is 0 Å². The first-order chi connectivity index (χ1) is 17.5. The summed E-state index contributed by atoms with van der Waals surface area (Å²) in [6.07, 6.45) is 5.00. The zero-order valence-corrected chi connectivity index (χ0v) is 24.5. The predicted molar refractivity (Wildman–Crippen MR) is 143 cm³/mol. The Hall–Kier alpha value is -2.22. The number of carbonyl (C=O) groups excluding carboxylic acids is 4.